The molecule has 3 aromatic rings. The van der Waals surface area contributed by atoms with Crippen LogP contribution in [0.2, 0.25) is 0 Å². The van der Waals surface area contributed by atoms with Crippen LogP contribution in [0.15, 0.2) is 35.8 Å². The number of halogens is 1. The van der Waals surface area contributed by atoms with E-state index in [2.05, 4.69) is 16.4 Å². The van der Waals surface area contributed by atoms with Crippen molar-refractivity contribution in [3.63, 3.8) is 0 Å². The molecule has 19 heavy (non-hydrogen) atoms. The lowest BCUT2D eigenvalue weighted by Crippen LogP contribution is -2.17. The number of hydrogen-bond acceptors (Lipinski definition) is 4. The van der Waals surface area contributed by atoms with Crippen LogP contribution in [0, 0.1) is 5.82 Å². The van der Waals surface area contributed by atoms with Gasteiger partial charge in [-0.15, -0.1) is 22.7 Å². The summed E-state index contributed by atoms with van der Waals surface area (Å²) in [6.07, 6.45) is 2.69. The number of fused-ring (bicyclic) bond motifs is 1. The van der Waals surface area contributed by atoms with E-state index in [1.54, 1.807) is 28.7 Å². The summed E-state index contributed by atoms with van der Waals surface area (Å²) >= 11 is 3.30. The van der Waals surface area contributed by atoms with Crippen molar-refractivity contribution in [2.75, 3.05) is 7.05 Å². The van der Waals surface area contributed by atoms with E-state index in [0.29, 0.717) is 0 Å². The fourth-order valence-corrected chi connectivity index (χ4v) is 3.93. The molecule has 0 aliphatic heterocycles. The molecule has 1 N–H and O–H groups in total. The molecule has 5 heteroatoms. The predicted molar refractivity (Wildman–Crippen MR) is 79.4 cm³/mol. The van der Waals surface area contributed by atoms with Gasteiger partial charge in [0.2, 0.25) is 0 Å². The second-order valence-electron chi connectivity index (χ2n) is 4.30. The van der Waals surface area contributed by atoms with Crippen LogP contribution in [0.1, 0.15) is 15.9 Å². The molecule has 1 atom stereocenters. The van der Waals surface area contributed by atoms with Crippen LogP contribution < -0.4 is 5.32 Å². The Labute approximate surface area is 118 Å². The predicted octanol–water partition coefficient (Wildman–Crippen LogP) is 4.00. The molecule has 1 aromatic carbocycles. The Morgan fingerprint density at radius 1 is 1.37 bits per heavy atom. The smallest absolute Gasteiger partial charge is 0.124 e. The molecule has 2 aromatic heterocycles. The van der Waals surface area contributed by atoms with Crippen LogP contribution in [0.25, 0.3) is 10.1 Å². The number of benzene rings is 1. The summed E-state index contributed by atoms with van der Waals surface area (Å²) in [5.74, 6) is -0.179. The van der Waals surface area contributed by atoms with Crippen molar-refractivity contribution in [2.45, 2.75) is 12.5 Å². The maximum Gasteiger partial charge on any atom is 0.124 e. The third-order valence-corrected chi connectivity index (χ3v) is 5.07. The largest absolute Gasteiger partial charge is 0.312 e. The zero-order valence-corrected chi connectivity index (χ0v) is 12.0. The van der Waals surface area contributed by atoms with E-state index in [1.165, 1.54) is 10.9 Å². The zero-order valence-electron chi connectivity index (χ0n) is 10.4. The molecule has 0 saturated heterocycles. The third kappa shape index (κ3) is 2.68. The molecule has 0 amide bonds. The molecular weight excluding hydrogens is 279 g/mol. The lowest BCUT2D eigenvalue weighted by atomic mass is 10.1. The Morgan fingerprint density at radius 3 is 3.00 bits per heavy atom. The molecule has 0 spiro atoms. The molecule has 0 radical (unpaired) electrons. The summed E-state index contributed by atoms with van der Waals surface area (Å²) in [6, 6.07) is 7.30. The summed E-state index contributed by atoms with van der Waals surface area (Å²) in [6.45, 7) is 0. The van der Waals surface area contributed by atoms with Gasteiger partial charge in [-0.3, -0.25) is 0 Å². The number of hydrogen-bond donors (Lipinski definition) is 1. The van der Waals surface area contributed by atoms with Crippen LogP contribution in [-0.2, 0) is 6.42 Å². The molecule has 98 valence electrons. The number of nitrogens with one attached hydrogen (secondary N) is 1. The van der Waals surface area contributed by atoms with Crippen LogP contribution in [0.5, 0.6) is 0 Å². The first-order chi connectivity index (χ1) is 9.26. The number of rotatable bonds is 4. The molecule has 0 aliphatic carbocycles. The average Bonchev–Trinajstić information content (AvgIpc) is 3.03. The average molecular weight is 292 g/mol. The minimum Gasteiger partial charge on any atom is -0.312 e. The Balaban J connectivity index is 1.92. The van der Waals surface area contributed by atoms with Gasteiger partial charge in [0, 0.05) is 33.6 Å². The first-order valence-electron chi connectivity index (χ1n) is 6.01. The number of likely N-dealkylation sites (N-methyl/N-ethyl adjacent to an activating group) is 1. The normalized spacial score (nSPS) is 12.9. The van der Waals surface area contributed by atoms with E-state index < -0.39 is 0 Å². The maximum absolute atomic E-state index is 13.2. The van der Waals surface area contributed by atoms with Gasteiger partial charge in [-0.25, -0.2) is 9.37 Å². The van der Waals surface area contributed by atoms with Gasteiger partial charge >= 0.3 is 0 Å². The molecule has 0 bridgehead atoms. The van der Waals surface area contributed by atoms with Gasteiger partial charge in [-0.1, -0.05) is 6.07 Å². The number of nitrogens with zero attached hydrogens (tertiary/aromatic N) is 1. The van der Waals surface area contributed by atoms with Crippen molar-refractivity contribution >= 4 is 32.8 Å². The van der Waals surface area contributed by atoms with Gasteiger partial charge in [0.05, 0.1) is 5.01 Å². The highest BCUT2D eigenvalue weighted by atomic mass is 32.1. The van der Waals surface area contributed by atoms with Gasteiger partial charge in [-0.05, 0) is 30.6 Å². The molecule has 0 fully saturated rings. The second kappa shape index (κ2) is 5.36. The molecule has 2 nitrogen and oxygen atoms in total. The fourth-order valence-electron chi connectivity index (χ4n) is 2.07. The summed E-state index contributed by atoms with van der Waals surface area (Å²) < 4.78 is 14.2. The van der Waals surface area contributed by atoms with Gasteiger partial charge in [0.25, 0.3) is 0 Å². The van der Waals surface area contributed by atoms with Gasteiger partial charge in [-0.2, -0.15) is 0 Å². The van der Waals surface area contributed by atoms with Gasteiger partial charge in [0.1, 0.15) is 5.82 Å². The summed E-state index contributed by atoms with van der Waals surface area (Å²) in [5, 5.41) is 7.52. The van der Waals surface area contributed by atoms with Crippen LogP contribution in [0.4, 0.5) is 4.39 Å². The van der Waals surface area contributed by atoms with Gasteiger partial charge < -0.3 is 5.32 Å². The van der Waals surface area contributed by atoms with Crippen LogP contribution >= 0.6 is 22.7 Å². The van der Waals surface area contributed by atoms with E-state index in [9.17, 15) is 4.39 Å². The third-order valence-electron chi connectivity index (χ3n) is 3.06. The Bertz CT molecular complexity index is 676. The van der Waals surface area contributed by atoms with E-state index >= 15 is 0 Å². The molecule has 1 unspecified atom stereocenters. The van der Waals surface area contributed by atoms with Crippen molar-refractivity contribution in [1.29, 1.82) is 0 Å². The Hall–Kier alpha value is -1.30. The van der Waals surface area contributed by atoms with E-state index in [0.717, 1.165) is 21.5 Å². The summed E-state index contributed by atoms with van der Waals surface area (Å²) in [7, 11) is 1.95. The topological polar surface area (TPSA) is 24.9 Å². The highest BCUT2D eigenvalue weighted by Crippen LogP contribution is 2.32. The SMILES string of the molecule is CNC(Cc1nccs1)c1cc2ccc(F)cc2s1. The Kier molecular flexibility index (Phi) is 3.59. The van der Waals surface area contributed by atoms with Gasteiger partial charge in [0.15, 0.2) is 0 Å². The van der Waals surface area contributed by atoms with Crippen molar-refractivity contribution in [3.05, 3.63) is 51.5 Å². The summed E-state index contributed by atoms with van der Waals surface area (Å²) in [5.41, 5.74) is 0. The zero-order chi connectivity index (χ0) is 13.2. The number of thiophene rings is 1. The highest BCUT2D eigenvalue weighted by Gasteiger charge is 2.15. The minimum absolute atomic E-state index is 0.179. The standard InChI is InChI=1S/C14H13FN2S2/c1-16-11(8-14-17-4-5-18-14)13-6-9-2-3-10(15)7-12(9)19-13/h2-7,11,16H,8H2,1H3. The van der Waals surface area contributed by atoms with Crippen molar-refractivity contribution < 1.29 is 4.39 Å². The lowest BCUT2D eigenvalue weighted by Gasteiger charge is -2.12. The monoisotopic (exact) mass is 292 g/mol. The number of thiazole rings is 1. The highest BCUT2D eigenvalue weighted by molar-refractivity contribution is 7.19. The molecule has 3 rings (SSSR count). The van der Waals surface area contributed by atoms with E-state index in [-0.39, 0.29) is 11.9 Å². The first-order valence-corrected chi connectivity index (χ1v) is 7.70. The van der Waals surface area contributed by atoms with Crippen molar-refractivity contribution in [1.82, 2.24) is 10.3 Å². The quantitative estimate of drug-likeness (QED) is 0.786. The molecule has 0 saturated carbocycles. The van der Waals surface area contributed by atoms with Crippen molar-refractivity contribution in [2.24, 2.45) is 0 Å². The van der Waals surface area contributed by atoms with Crippen LogP contribution in [0.3, 0.4) is 0 Å². The Morgan fingerprint density at radius 2 is 2.26 bits per heavy atom. The lowest BCUT2D eigenvalue weighted by molar-refractivity contribution is 0.600. The minimum atomic E-state index is -0.179. The number of aromatic nitrogens is 1. The molecular formula is C14H13FN2S2. The fraction of sp³-hybridized carbons (Fsp3) is 0.214. The maximum atomic E-state index is 13.2. The summed E-state index contributed by atoms with van der Waals surface area (Å²) in [4.78, 5) is 5.54. The van der Waals surface area contributed by atoms with E-state index in [4.69, 9.17) is 0 Å². The molecule has 0 aliphatic rings. The molecule has 2 heterocycles. The van der Waals surface area contributed by atoms with Crippen LogP contribution in [-0.4, -0.2) is 12.0 Å². The second-order valence-corrected chi connectivity index (χ2v) is 6.40. The van der Waals surface area contributed by atoms with E-state index in [1.807, 2.05) is 24.7 Å². The van der Waals surface area contributed by atoms with Crippen molar-refractivity contribution in [3.8, 4) is 0 Å². The first kappa shape index (κ1) is 12.7.